The Hall–Kier alpha value is -2.47. The van der Waals surface area contributed by atoms with Crippen LogP contribution in [0.1, 0.15) is 18.9 Å². The second kappa shape index (κ2) is 4.66. The number of benzene rings is 1. The SMILES string of the molecule is CC(O)c1nc(Nc2ccccc2)c2[nH]cnc2n1. The molecule has 3 aromatic rings. The molecule has 6 heteroatoms. The molecule has 96 valence electrons. The molecule has 1 unspecified atom stereocenters. The van der Waals surface area contributed by atoms with Crippen LogP contribution in [0.3, 0.4) is 0 Å². The average molecular weight is 255 g/mol. The molecule has 0 bridgehead atoms. The van der Waals surface area contributed by atoms with Gasteiger partial charge < -0.3 is 15.4 Å². The zero-order valence-corrected chi connectivity index (χ0v) is 10.3. The molecule has 3 N–H and O–H groups in total. The lowest BCUT2D eigenvalue weighted by Crippen LogP contribution is -2.04. The van der Waals surface area contributed by atoms with E-state index in [1.54, 1.807) is 13.3 Å². The number of aromatic amines is 1. The van der Waals surface area contributed by atoms with E-state index in [0.717, 1.165) is 5.69 Å². The first-order valence-electron chi connectivity index (χ1n) is 5.95. The number of H-pyrrole nitrogens is 1. The van der Waals surface area contributed by atoms with Crippen LogP contribution in [0.5, 0.6) is 0 Å². The number of nitrogens with zero attached hydrogens (tertiary/aromatic N) is 3. The molecular weight excluding hydrogens is 242 g/mol. The van der Waals surface area contributed by atoms with Gasteiger partial charge in [0.2, 0.25) is 0 Å². The Bertz CT molecular complexity index is 693. The Labute approximate surface area is 109 Å². The Balaban J connectivity index is 2.08. The number of aliphatic hydroxyl groups is 1. The molecule has 19 heavy (non-hydrogen) atoms. The fraction of sp³-hybridized carbons (Fsp3) is 0.154. The van der Waals surface area contributed by atoms with E-state index in [0.29, 0.717) is 22.8 Å². The van der Waals surface area contributed by atoms with Crippen LogP contribution >= 0.6 is 0 Å². The Morgan fingerprint density at radius 3 is 2.74 bits per heavy atom. The normalized spacial score (nSPS) is 12.5. The zero-order valence-electron chi connectivity index (χ0n) is 10.3. The molecule has 6 nitrogen and oxygen atoms in total. The fourth-order valence-corrected chi connectivity index (χ4v) is 1.79. The number of para-hydroxylation sites is 1. The topological polar surface area (TPSA) is 86.7 Å². The molecule has 0 spiro atoms. The molecule has 0 saturated heterocycles. The van der Waals surface area contributed by atoms with Crippen LogP contribution in [0.4, 0.5) is 11.5 Å². The summed E-state index contributed by atoms with van der Waals surface area (Å²) in [5.41, 5.74) is 2.16. The van der Waals surface area contributed by atoms with Crippen LogP contribution in [0.25, 0.3) is 11.2 Å². The van der Waals surface area contributed by atoms with E-state index in [2.05, 4.69) is 25.3 Å². The van der Waals surface area contributed by atoms with Crippen molar-refractivity contribution in [3.8, 4) is 0 Å². The largest absolute Gasteiger partial charge is 0.385 e. The zero-order chi connectivity index (χ0) is 13.2. The van der Waals surface area contributed by atoms with Crippen molar-refractivity contribution in [3.05, 3.63) is 42.5 Å². The number of rotatable bonds is 3. The molecule has 2 aromatic heterocycles. The third-order valence-electron chi connectivity index (χ3n) is 2.71. The molecule has 3 rings (SSSR count). The molecule has 0 radical (unpaired) electrons. The number of nitrogens with one attached hydrogen (secondary N) is 2. The molecule has 2 heterocycles. The Kier molecular flexibility index (Phi) is 2.85. The highest BCUT2D eigenvalue weighted by Crippen LogP contribution is 2.22. The maximum absolute atomic E-state index is 9.62. The minimum atomic E-state index is -0.738. The Morgan fingerprint density at radius 2 is 2.00 bits per heavy atom. The van der Waals surface area contributed by atoms with Gasteiger partial charge in [0, 0.05) is 5.69 Å². The van der Waals surface area contributed by atoms with E-state index in [1.165, 1.54) is 0 Å². The van der Waals surface area contributed by atoms with E-state index in [4.69, 9.17) is 0 Å². The van der Waals surface area contributed by atoms with Crippen LogP contribution < -0.4 is 5.32 Å². The third kappa shape index (κ3) is 2.25. The summed E-state index contributed by atoms with van der Waals surface area (Å²) in [6.07, 6.45) is 0.818. The maximum atomic E-state index is 9.62. The summed E-state index contributed by atoms with van der Waals surface area (Å²) in [4.78, 5) is 15.6. The lowest BCUT2D eigenvalue weighted by molar-refractivity contribution is 0.189. The van der Waals surface area contributed by atoms with E-state index in [-0.39, 0.29) is 0 Å². The number of hydrogen-bond donors (Lipinski definition) is 3. The lowest BCUT2D eigenvalue weighted by Gasteiger charge is -2.09. The molecule has 0 saturated carbocycles. The summed E-state index contributed by atoms with van der Waals surface area (Å²) in [5, 5.41) is 12.8. The fourth-order valence-electron chi connectivity index (χ4n) is 1.79. The molecule has 0 amide bonds. The first kappa shape index (κ1) is 11.6. The van der Waals surface area contributed by atoms with Gasteiger partial charge >= 0.3 is 0 Å². The van der Waals surface area contributed by atoms with Gasteiger partial charge in [0.25, 0.3) is 0 Å². The van der Waals surface area contributed by atoms with E-state index in [9.17, 15) is 5.11 Å². The number of aliphatic hydroxyl groups excluding tert-OH is 1. The van der Waals surface area contributed by atoms with Gasteiger partial charge in [-0.3, -0.25) is 0 Å². The van der Waals surface area contributed by atoms with Crippen LogP contribution in [-0.2, 0) is 0 Å². The standard InChI is InChI=1S/C13H13N5O/c1-8(19)11-17-12-10(14-7-15-12)13(18-11)16-9-5-3-2-4-6-9/h2-8,19H,1H3,(H2,14,15,16,17,18). The number of anilines is 2. The van der Waals surface area contributed by atoms with Crippen molar-refractivity contribution in [2.24, 2.45) is 0 Å². The highest BCUT2D eigenvalue weighted by atomic mass is 16.3. The van der Waals surface area contributed by atoms with E-state index >= 15 is 0 Å². The summed E-state index contributed by atoms with van der Waals surface area (Å²) >= 11 is 0. The molecular formula is C13H13N5O. The molecule has 1 atom stereocenters. The molecule has 0 fully saturated rings. The van der Waals surface area contributed by atoms with Crippen molar-refractivity contribution in [2.75, 3.05) is 5.32 Å². The smallest absolute Gasteiger partial charge is 0.183 e. The lowest BCUT2D eigenvalue weighted by atomic mass is 10.3. The van der Waals surface area contributed by atoms with Gasteiger partial charge in [-0.1, -0.05) is 18.2 Å². The third-order valence-corrected chi connectivity index (χ3v) is 2.71. The maximum Gasteiger partial charge on any atom is 0.183 e. The van der Waals surface area contributed by atoms with Gasteiger partial charge in [-0.2, -0.15) is 0 Å². The molecule has 0 aliphatic heterocycles. The molecule has 1 aromatic carbocycles. The second-order valence-corrected chi connectivity index (χ2v) is 4.20. The van der Waals surface area contributed by atoms with Crippen molar-refractivity contribution in [1.29, 1.82) is 0 Å². The molecule has 0 aliphatic rings. The van der Waals surface area contributed by atoms with Crippen molar-refractivity contribution in [3.63, 3.8) is 0 Å². The van der Waals surface area contributed by atoms with E-state index < -0.39 is 6.10 Å². The highest BCUT2D eigenvalue weighted by Gasteiger charge is 2.13. The van der Waals surface area contributed by atoms with E-state index in [1.807, 2.05) is 30.3 Å². The summed E-state index contributed by atoms with van der Waals surface area (Å²) in [6.45, 7) is 1.63. The van der Waals surface area contributed by atoms with Crippen LogP contribution in [-0.4, -0.2) is 25.0 Å². The summed E-state index contributed by atoms with van der Waals surface area (Å²) in [5.74, 6) is 0.947. The van der Waals surface area contributed by atoms with Gasteiger partial charge in [0.05, 0.1) is 6.33 Å². The van der Waals surface area contributed by atoms with Gasteiger partial charge in [-0.25, -0.2) is 15.0 Å². The summed E-state index contributed by atoms with van der Waals surface area (Å²) in [7, 11) is 0. The van der Waals surface area contributed by atoms with Crippen LogP contribution in [0.2, 0.25) is 0 Å². The van der Waals surface area contributed by atoms with Gasteiger partial charge in [-0.15, -0.1) is 0 Å². The monoisotopic (exact) mass is 255 g/mol. The predicted octanol–water partition coefficient (Wildman–Crippen LogP) is 2.15. The van der Waals surface area contributed by atoms with Crippen molar-refractivity contribution in [2.45, 2.75) is 13.0 Å². The highest BCUT2D eigenvalue weighted by molar-refractivity contribution is 5.84. The minimum Gasteiger partial charge on any atom is -0.385 e. The molecule has 0 aliphatic carbocycles. The average Bonchev–Trinajstić information content (AvgIpc) is 2.88. The number of aromatic nitrogens is 4. The number of hydrogen-bond acceptors (Lipinski definition) is 5. The van der Waals surface area contributed by atoms with Crippen molar-refractivity contribution < 1.29 is 5.11 Å². The van der Waals surface area contributed by atoms with Crippen molar-refractivity contribution >= 4 is 22.7 Å². The quantitative estimate of drug-likeness (QED) is 0.667. The first-order valence-corrected chi connectivity index (χ1v) is 5.95. The first-order chi connectivity index (χ1) is 9.24. The van der Waals surface area contributed by atoms with Crippen LogP contribution in [0.15, 0.2) is 36.7 Å². The Morgan fingerprint density at radius 1 is 1.21 bits per heavy atom. The second-order valence-electron chi connectivity index (χ2n) is 4.20. The van der Waals surface area contributed by atoms with Crippen LogP contribution in [0, 0.1) is 0 Å². The number of fused-ring (bicyclic) bond motifs is 1. The number of imidazole rings is 1. The van der Waals surface area contributed by atoms with Crippen molar-refractivity contribution in [1.82, 2.24) is 19.9 Å². The predicted molar refractivity (Wildman–Crippen MR) is 72.0 cm³/mol. The van der Waals surface area contributed by atoms with Gasteiger partial charge in [0.1, 0.15) is 11.6 Å². The minimum absolute atomic E-state index is 0.345. The summed E-state index contributed by atoms with van der Waals surface area (Å²) < 4.78 is 0. The van der Waals surface area contributed by atoms with Gasteiger partial charge in [-0.05, 0) is 19.1 Å². The van der Waals surface area contributed by atoms with Gasteiger partial charge in [0.15, 0.2) is 17.3 Å². The summed E-state index contributed by atoms with van der Waals surface area (Å²) in [6, 6.07) is 9.68.